The van der Waals surface area contributed by atoms with Crippen molar-refractivity contribution in [1.29, 1.82) is 0 Å². The van der Waals surface area contributed by atoms with Crippen LogP contribution in [0.3, 0.4) is 0 Å². The molecule has 0 aliphatic carbocycles. The molecule has 0 heterocycles. The van der Waals surface area contributed by atoms with Crippen molar-refractivity contribution in [2.24, 2.45) is 0 Å². The second-order valence-electron chi connectivity index (χ2n) is 4.39. The molecule has 0 radical (unpaired) electrons. The lowest BCUT2D eigenvalue weighted by molar-refractivity contribution is -0.111. The molecule has 0 atom stereocenters. The number of hydrogen-bond acceptors (Lipinski definition) is 3. The fraction of sp³-hybridized carbons (Fsp3) is 0.118. The van der Waals surface area contributed by atoms with Crippen LogP contribution in [0.1, 0.15) is 5.56 Å². The summed E-state index contributed by atoms with van der Waals surface area (Å²) < 4.78 is 11.5. The number of carbonyl (C=O) groups excluding carboxylic acids is 1. The smallest absolute Gasteiger partial charge is 0.248 e. The van der Waals surface area contributed by atoms with Crippen molar-refractivity contribution in [3.05, 3.63) is 57.7 Å². The maximum atomic E-state index is 12.0. The Kier molecular flexibility index (Phi) is 5.83. The summed E-state index contributed by atoms with van der Waals surface area (Å²) in [4.78, 5) is 12.0. The Bertz CT molecular complexity index is 698. The SMILES string of the molecule is COc1cccc(/C=C/C(=O)Nc2ccccc2I)c1OC. The van der Waals surface area contributed by atoms with E-state index in [0.717, 1.165) is 14.8 Å². The Labute approximate surface area is 143 Å². The zero-order chi connectivity index (χ0) is 15.9. The van der Waals surface area contributed by atoms with Gasteiger partial charge >= 0.3 is 0 Å². The van der Waals surface area contributed by atoms with E-state index in [1.54, 1.807) is 20.3 Å². The zero-order valence-corrected chi connectivity index (χ0v) is 14.5. The van der Waals surface area contributed by atoms with Crippen molar-refractivity contribution in [1.82, 2.24) is 0 Å². The maximum Gasteiger partial charge on any atom is 0.248 e. The minimum Gasteiger partial charge on any atom is -0.493 e. The molecule has 0 aromatic heterocycles. The lowest BCUT2D eigenvalue weighted by Gasteiger charge is -2.10. The number of carbonyl (C=O) groups is 1. The van der Waals surface area contributed by atoms with E-state index in [-0.39, 0.29) is 5.91 Å². The Morgan fingerprint density at radius 2 is 1.86 bits per heavy atom. The van der Waals surface area contributed by atoms with Gasteiger partial charge in [-0.3, -0.25) is 4.79 Å². The van der Waals surface area contributed by atoms with Gasteiger partial charge in [0.2, 0.25) is 5.91 Å². The second-order valence-corrected chi connectivity index (χ2v) is 5.55. The molecule has 5 heteroatoms. The van der Waals surface area contributed by atoms with E-state index in [0.29, 0.717) is 11.5 Å². The van der Waals surface area contributed by atoms with Crippen LogP contribution in [0, 0.1) is 3.57 Å². The molecule has 0 bridgehead atoms. The minimum atomic E-state index is -0.200. The van der Waals surface area contributed by atoms with E-state index in [1.807, 2.05) is 42.5 Å². The average Bonchev–Trinajstić information content (AvgIpc) is 2.54. The van der Waals surface area contributed by atoms with Crippen molar-refractivity contribution >= 4 is 40.3 Å². The molecular formula is C17H16INO3. The summed E-state index contributed by atoms with van der Waals surface area (Å²) in [5.74, 6) is 1.03. The molecule has 1 N–H and O–H groups in total. The number of rotatable bonds is 5. The first-order valence-electron chi connectivity index (χ1n) is 6.60. The predicted octanol–water partition coefficient (Wildman–Crippen LogP) is 3.96. The van der Waals surface area contributed by atoms with Crippen LogP contribution in [0.15, 0.2) is 48.5 Å². The van der Waals surface area contributed by atoms with Gasteiger partial charge in [-0.2, -0.15) is 0 Å². The van der Waals surface area contributed by atoms with Crippen molar-refractivity contribution in [3.63, 3.8) is 0 Å². The highest BCUT2D eigenvalue weighted by molar-refractivity contribution is 14.1. The van der Waals surface area contributed by atoms with Crippen LogP contribution >= 0.6 is 22.6 Å². The molecule has 0 unspecified atom stereocenters. The van der Waals surface area contributed by atoms with Crippen LogP contribution in [-0.2, 0) is 4.79 Å². The van der Waals surface area contributed by atoms with Gasteiger partial charge in [-0.1, -0.05) is 24.3 Å². The van der Waals surface area contributed by atoms with E-state index in [2.05, 4.69) is 27.9 Å². The monoisotopic (exact) mass is 409 g/mol. The van der Waals surface area contributed by atoms with E-state index < -0.39 is 0 Å². The molecule has 0 fully saturated rings. The molecule has 2 aromatic carbocycles. The number of amides is 1. The number of hydrogen-bond donors (Lipinski definition) is 1. The standard InChI is InChI=1S/C17H16INO3/c1-21-15-9-5-6-12(17(15)22-2)10-11-16(20)19-14-8-4-3-7-13(14)18/h3-11H,1-2H3,(H,19,20)/b11-10+. The topological polar surface area (TPSA) is 47.6 Å². The molecule has 1 amide bonds. The van der Waals surface area contributed by atoms with E-state index in [9.17, 15) is 4.79 Å². The Morgan fingerprint density at radius 1 is 1.09 bits per heavy atom. The molecule has 4 nitrogen and oxygen atoms in total. The Morgan fingerprint density at radius 3 is 2.55 bits per heavy atom. The van der Waals surface area contributed by atoms with Gasteiger partial charge in [0.25, 0.3) is 0 Å². The van der Waals surface area contributed by atoms with Crippen LogP contribution < -0.4 is 14.8 Å². The number of benzene rings is 2. The first-order valence-corrected chi connectivity index (χ1v) is 7.68. The molecule has 0 saturated heterocycles. The van der Waals surface area contributed by atoms with E-state index in [4.69, 9.17) is 9.47 Å². The van der Waals surface area contributed by atoms with Gasteiger partial charge in [-0.05, 0) is 46.9 Å². The zero-order valence-electron chi connectivity index (χ0n) is 12.3. The normalized spacial score (nSPS) is 10.5. The van der Waals surface area contributed by atoms with Gasteiger partial charge in [-0.25, -0.2) is 0 Å². The van der Waals surface area contributed by atoms with Gasteiger partial charge in [0.05, 0.1) is 19.9 Å². The molecule has 0 aliphatic rings. The summed E-state index contributed by atoms with van der Waals surface area (Å²) in [6.07, 6.45) is 3.17. The molecule has 114 valence electrons. The average molecular weight is 409 g/mol. The van der Waals surface area contributed by atoms with Crippen molar-refractivity contribution < 1.29 is 14.3 Å². The predicted molar refractivity (Wildman–Crippen MR) is 96.4 cm³/mol. The van der Waals surface area contributed by atoms with Crippen LogP contribution in [0.4, 0.5) is 5.69 Å². The van der Waals surface area contributed by atoms with E-state index in [1.165, 1.54) is 6.08 Å². The summed E-state index contributed by atoms with van der Waals surface area (Å²) in [5.41, 5.74) is 1.56. The summed E-state index contributed by atoms with van der Waals surface area (Å²) in [7, 11) is 3.15. The minimum absolute atomic E-state index is 0.200. The largest absolute Gasteiger partial charge is 0.493 e. The first kappa shape index (κ1) is 16.4. The highest BCUT2D eigenvalue weighted by Crippen LogP contribution is 2.31. The third-order valence-electron chi connectivity index (χ3n) is 2.98. The Balaban J connectivity index is 2.15. The highest BCUT2D eigenvalue weighted by Gasteiger charge is 2.07. The highest BCUT2D eigenvalue weighted by atomic mass is 127. The molecule has 0 aliphatic heterocycles. The lowest BCUT2D eigenvalue weighted by Crippen LogP contribution is -2.08. The van der Waals surface area contributed by atoms with Crippen LogP contribution in [0.2, 0.25) is 0 Å². The number of nitrogens with one attached hydrogen (secondary N) is 1. The van der Waals surface area contributed by atoms with E-state index >= 15 is 0 Å². The number of methoxy groups -OCH3 is 2. The van der Waals surface area contributed by atoms with Gasteiger partial charge < -0.3 is 14.8 Å². The number of halogens is 1. The van der Waals surface area contributed by atoms with Gasteiger partial charge in [0, 0.05) is 15.2 Å². The van der Waals surface area contributed by atoms with Crippen LogP contribution in [0.5, 0.6) is 11.5 Å². The van der Waals surface area contributed by atoms with Crippen molar-refractivity contribution in [3.8, 4) is 11.5 Å². The van der Waals surface area contributed by atoms with Gasteiger partial charge in [-0.15, -0.1) is 0 Å². The fourth-order valence-corrected chi connectivity index (χ4v) is 2.47. The van der Waals surface area contributed by atoms with Crippen molar-refractivity contribution in [2.45, 2.75) is 0 Å². The van der Waals surface area contributed by atoms with Crippen LogP contribution in [0.25, 0.3) is 6.08 Å². The molecule has 2 rings (SSSR count). The second kappa shape index (κ2) is 7.84. The van der Waals surface area contributed by atoms with Crippen molar-refractivity contribution in [2.75, 3.05) is 19.5 Å². The molecule has 22 heavy (non-hydrogen) atoms. The molecular weight excluding hydrogens is 393 g/mol. The summed E-state index contributed by atoms with van der Waals surface area (Å²) in [5, 5.41) is 2.84. The molecule has 0 saturated carbocycles. The lowest BCUT2D eigenvalue weighted by atomic mass is 10.1. The number of anilines is 1. The molecule has 0 spiro atoms. The first-order chi connectivity index (χ1) is 10.7. The third kappa shape index (κ3) is 4.00. The third-order valence-corrected chi connectivity index (χ3v) is 3.92. The molecule has 2 aromatic rings. The summed E-state index contributed by atoms with van der Waals surface area (Å²) in [6.45, 7) is 0. The maximum absolute atomic E-state index is 12.0. The Hall–Kier alpha value is -2.02. The number of ether oxygens (including phenoxy) is 2. The van der Waals surface area contributed by atoms with Gasteiger partial charge in [0.15, 0.2) is 11.5 Å². The van der Waals surface area contributed by atoms with Crippen LogP contribution in [-0.4, -0.2) is 20.1 Å². The summed E-state index contributed by atoms with van der Waals surface area (Å²) >= 11 is 2.18. The fourth-order valence-electron chi connectivity index (χ4n) is 1.95. The number of para-hydroxylation sites is 2. The quantitative estimate of drug-likeness (QED) is 0.601. The van der Waals surface area contributed by atoms with Gasteiger partial charge in [0.1, 0.15) is 0 Å². The summed E-state index contributed by atoms with van der Waals surface area (Å²) in [6, 6.07) is 13.1.